The fraction of sp³-hybridized carbons (Fsp3) is 0.250. The van der Waals surface area contributed by atoms with E-state index in [2.05, 4.69) is 26.6 Å². The molecule has 48 heavy (non-hydrogen) atoms. The zero-order valence-electron chi connectivity index (χ0n) is 25.9. The number of furan rings is 1. The van der Waals surface area contributed by atoms with Crippen molar-refractivity contribution < 1.29 is 31.9 Å². The Balaban J connectivity index is 1.08. The summed E-state index contributed by atoms with van der Waals surface area (Å²) < 4.78 is 46.7. The number of nitrogens with one attached hydrogen (secondary N) is 1. The zero-order valence-corrected chi connectivity index (χ0v) is 26.7. The van der Waals surface area contributed by atoms with Crippen molar-refractivity contribution in [3.8, 4) is 5.75 Å². The van der Waals surface area contributed by atoms with Gasteiger partial charge in [-0.1, -0.05) is 30.8 Å². The van der Waals surface area contributed by atoms with Crippen LogP contribution in [0.2, 0.25) is 0 Å². The number of fused-ring (bicyclic) bond motifs is 1. The number of urea groups is 1. The van der Waals surface area contributed by atoms with Crippen LogP contribution in [0.5, 0.6) is 5.75 Å². The maximum atomic E-state index is 13.1. The van der Waals surface area contributed by atoms with Gasteiger partial charge in [0.2, 0.25) is 0 Å². The smallest absolute Gasteiger partial charge is 0.464 e. The number of ether oxygens (including phenoxy) is 1. The van der Waals surface area contributed by atoms with E-state index in [9.17, 15) is 22.8 Å². The van der Waals surface area contributed by atoms with Crippen molar-refractivity contribution in [2.45, 2.75) is 50.9 Å². The molecule has 12 heteroatoms. The summed E-state index contributed by atoms with van der Waals surface area (Å²) in [5, 5.41) is 4.39. The standard InChI is InChI=1S/C36H31F3N4O4S/c1-21(2)29-18-23(34-40-19-24(41-34)10-6-22-7-11-25(12-8-22)47-36(37,38)39)9-14-30(29)42-35(45)43-33-15-13-27(31(44)20-48-33)26-4-3-5-32-28(26)16-17-46-32/h3-5,7-9,11-12,14,16-19,24,27H,1,6,10,13,15,20H2,2H3,(H,42,45)/b43-33-. The Hall–Kier alpha value is -4.97. The molecule has 0 radical (unpaired) electrons. The minimum absolute atomic E-state index is 0.0906. The number of amidine groups is 1. The second-order valence-electron chi connectivity index (χ2n) is 11.5. The highest BCUT2D eigenvalue weighted by Crippen LogP contribution is 2.35. The number of allylic oxidation sites excluding steroid dienone is 1. The van der Waals surface area contributed by atoms with E-state index in [1.165, 1.54) is 23.9 Å². The fourth-order valence-corrected chi connectivity index (χ4v) is 6.66. The highest BCUT2D eigenvalue weighted by atomic mass is 32.2. The van der Waals surface area contributed by atoms with Gasteiger partial charge in [-0.05, 0) is 91.8 Å². The summed E-state index contributed by atoms with van der Waals surface area (Å²) in [5.41, 5.74) is 5.25. The molecule has 0 aliphatic carbocycles. The van der Waals surface area contributed by atoms with Crippen LogP contribution < -0.4 is 10.1 Å². The van der Waals surface area contributed by atoms with Crippen LogP contribution in [-0.2, 0) is 11.2 Å². The monoisotopic (exact) mass is 672 g/mol. The average Bonchev–Trinajstić information content (AvgIpc) is 3.69. The molecule has 2 amide bonds. The lowest BCUT2D eigenvalue weighted by molar-refractivity contribution is -0.274. The molecule has 2 unspecified atom stereocenters. The van der Waals surface area contributed by atoms with Crippen LogP contribution in [0.1, 0.15) is 54.4 Å². The molecular formula is C36H31F3N4O4S. The number of halogens is 3. The number of nitrogens with zero attached hydrogens (tertiary/aromatic N) is 3. The number of hydrogen-bond acceptors (Lipinski definition) is 7. The van der Waals surface area contributed by atoms with Gasteiger partial charge < -0.3 is 14.5 Å². The number of rotatable bonds is 8. The molecule has 1 aromatic heterocycles. The van der Waals surface area contributed by atoms with Gasteiger partial charge in [0.05, 0.1) is 23.1 Å². The topological polar surface area (TPSA) is 106 Å². The SMILES string of the molecule is C=C(C)c1cc(C2=NC(CCc3ccc(OC(F)(F)F)cc3)C=N2)ccc1NC(=O)/N=C1/CCC(c2cccc3occc23)C(=O)CS1. The summed E-state index contributed by atoms with van der Waals surface area (Å²) in [6.45, 7) is 5.91. The number of ketones is 1. The van der Waals surface area contributed by atoms with E-state index in [4.69, 9.17) is 9.41 Å². The third kappa shape index (κ3) is 7.93. The minimum atomic E-state index is -4.73. The van der Waals surface area contributed by atoms with Crippen molar-refractivity contribution in [1.82, 2.24) is 0 Å². The average molecular weight is 673 g/mol. The third-order valence-electron chi connectivity index (χ3n) is 8.07. The van der Waals surface area contributed by atoms with Crippen LogP contribution in [0, 0.1) is 0 Å². The largest absolute Gasteiger partial charge is 0.573 e. The molecule has 1 N–H and O–H groups in total. The second kappa shape index (κ2) is 14.0. The molecule has 2 aliphatic rings. The molecule has 0 spiro atoms. The predicted molar refractivity (Wildman–Crippen MR) is 184 cm³/mol. The molecule has 1 fully saturated rings. The number of Topliss-reactive ketones (excluding diaryl/α,β-unsaturated/α-hetero) is 1. The Morgan fingerprint density at radius 1 is 1.15 bits per heavy atom. The summed E-state index contributed by atoms with van der Waals surface area (Å²) in [6, 6.07) is 18.1. The molecule has 0 bridgehead atoms. The molecule has 2 atom stereocenters. The lowest BCUT2D eigenvalue weighted by Gasteiger charge is -2.13. The maximum Gasteiger partial charge on any atom is 0.573 e. The van der Waals surface area contributed by atoms with Gasteiger partial charge in [0.1, 0.15) is 11.3 Å². The summed E-state index contributed by atoms with van der Waals surface area (Å²) in [7, 11) is 0. The first-order valence-corrected chi connectivity index (χ1v) is 16.3. The lowest BCUT2D eigenvalue weighted by Crippen LogP contribution is -2.17. The van der Waals surface area contributed by atoms with Gasteiger partial charge in [-0.15, -0.1) is 24.9 Å². The highest BCUT2D eigenvalue weighted by molar-refractivity contribution is 8.14. The molecular weight excluding hydrogens is 641 g/mol. The van der Waals surface area contributed by atoms with Gasteiger partial charge in [0.15, 0.2) is 11.6 Å². The van der Waals surface area contributed by atoms with Crippen molar-refractivity contribution in [2.24, 2.45) is 15.0 Å². The number of hydrogen-bond donors (Lipinski definition) is 1. The number of anilines is 1. The second-order valence-corrected chi connectivity index (χ2v) is 12.6. The molecule has 3 heterocycles. The summed E-state index contributed by atoms with van der Waals surface area (Å²) in [5.74, 6) is 0.292. The van der Waals surface area contributed by atoms with Crippen molar-refractivity contribution >= 4 is 62.9 Å². The lowest BCUT2D eigenvalue weighted by atomic mass is 9.89. The van der Waals surface area contributed by atoms with Gasteiger partial charge in [-0.3, -0.25) is 9.79 Å². The Bertz CT molecular complexity index is 1960. The van der Waals surface area contributed by atoms with Crippen LogP contribution in [0.15, 0.2) is 99.0 Å². The van der Waals surface area contributed by atoms with Gasteiger partial charge in [0, 0.05) is 34.3 Å². The van der Waals surface area contributed by atoms with Gasteiger partial charge in [-0.25, -0.2) is 9.79 Å². The summed E-state index contributed by atoms with van der Waals surface area (Å²) >= 11 is 1.29. The van der Waals surface area contributed by atoms with Crippen LogP contribution >= 0.6 is 11.8 Å². The van der Waals surface area contributed by atoms with Crippen LogP contribution in [0.4, 0.5) is 23.7 Å². The molecule has 0 saturated carbocycles. The molecule has 246 valence electrons. The molecule has 1 saturated heterocycles. The summed E-state index contributed by atoms with van der Waals surface area (Å²) in [4.78, 5) is 39.6. The molecule has 4 aromatic rings. The number of benzene rings is 3. The number of carbonyl (C=O) groups is 2. The molecule has 6 rings (SSSR count). The Labute approximate surface area is 278 Å². The van der Waals surface area contributed by atoms with E-state index in [1.807, 2.05) is 43.3 Å². The normalized spacial score (nSPS) is 19.0. The highest BCUT2D eigenvalue weighted by Gasteiger charge is 2.31. The molecule has 8 nitrogen and oxygen atoms in total. The minimum Gasteiger partial charge on any atom is -0.464 e. The van der Waals surface area contributed by atoms with Crippen molar-refractivity contribution in [1.29, 1.82) is 0 Å². The number of amides is 2. The predicted octanol–water partition coefficient (Wildman–Crippen LogP) is 9.01. The zero-order chi connectivity index (χ0) is 33.8. The molecule has 3 aromatic carbocycles. The molecule has 2 aliphatic heterocycles. The first-order valence-electron chi connectivity index (χ1n) is 15.3. The van der Waals surface area contributed by atoms with Crippen LogP contribution in [0.3, 0.4) is 0 Å². The maximum absolute atomic E-state index is 13.1. The number of carbonyl (C=O) groups excluding carboxylic acids is 2. The fourth-order valence-electron chi connectivity index (χ4n) is 5.74. The third-order valence-corrected chi connectivity index (χ3v) is 9.13. The number of thioether (sulfide) groups is 1. The van der Waals surface area contributed by atoms with Crippen molar-refractivity contribution in [3.63, 3.8) is 0 Å². The van der Waals surface area contributed by atoms with E-state index < -0.39 is 12.4 Å². The van der Waals surface area contributed by atoms with Crippen LogP contribution in [0.25, 0.3) is 16.5 Å². The first kappa shape index (κ1) is 33.0. The van der Waals surface area contributed by atoms with Gasteiger partial charge in [0.25, 0.3) is 0 Å². The van der Waals surface area contributed by atoms with E-state index in [1.54, 1.807) is 30.7 Å². The number of alkyl halides is 3. The Morgan fingerprint density at radius 2 is 1.96 bits per heavy atom. The van der Waals surface area contributed by atoms with Crippen molar-refractivity contribution in [2.75, 3.05) is 11.1 Å². The van der Waals surface area contributed by atoms with E-state index in [0.29, 0.717) is 47.8 Å². The van der Waals surface area contributed by atoms with Crippen LogP contribution in [-0.4, -0.2) is 47.1 Å². The van der Waals surface area contributed by atoms with Gasteiger partial charge >= 0.3 is 12.4 Å². The quantitative estimate of drug-likeness (QED) is 0.201. The van der Waals surface area contributed by atoms with Crippen molar-refractivity contribution in [3.05, 3.63) is 102 Å². The Morgan fingerprint density at radius 3 is 2.73 bits per heavy atom. The summed E-state index contributed by atoms with van der Waals surface area (Å²) in [6.07, 6.45) is 0.891. The van der Waals surface area contributed by atoms with E-state index in [-0.39, 0.29) is 29.2 Å². The Kier molecular flexibility index (Phi) is 9.63. The number of aliphatic imine (C=N–C) groups is 3. The number of aryl methyl sites for hydroxylation is 1. The van der Waals surface area contributed by atoms with E-state index >= 15 is 0 Å². The van der Waals surface area contributed by atoms with Gasteiger partial charge in [-0.2, -0.15) is 4.99 Å². The van der Waals surface area contributed by atoms with E-state index in [0.717, 1.165) is 33.2 Å². The first-order chi connectivity index (χ1) is 23.0.